The summed E-state index contributed by atoms with van der Waals surface area (Å²) < 4.78 is 13.9. The van der Waals surface area contributed by atoms with Gasteiger partial charge in [-0.15, -0.1) is 0 Å². The van der Waals surface area contributed by atoms with E-state index in [-0.39, 0.29) is 11.7 Å². The number of rotatable bonds is 4. The van der Waals surface area contributed by atoms with Crippen molar-refractivity contribution in [3.05, 3.63) is 58.8 Å². The maximum atomic E-state index is 13.0. The Hall–Kier alpha value is -1.92. The largest absolute Gasteiger partial charge is 0.360 e. The highest BCUT2D eigenvalue weighted by Gasteiger charge is 2.22. The lowest BCUT2D eigenvalue weighted by Gasteiger charge is -2.33. The smallest absolute Gasteiger partial charge is 0.279 e. The van der Waals surface area contributed by atoms with Crippen LogP contribution in [0.1, 0.15) is 0 Å². The van der Waals surface area contributed by atoms with Gasteiger partial charge in [0.05, 0.1) is 31.9 Å². The molecule has 1 aliphatic rings. The van der Waals surface area contributed by atoms with Crippen molar-refractivity contribution < 1.29 is 14.1 Å². The first-order valence-electron chi connectivity index (χ1n) is 8.00. The number of piperazine rings is 1. The molecule has 1 amide bonds. The number of hydrogen-bond donors (Lipinski definition) is 2. The molecule has 126 valence electrons. The van der Waals surface area contributed by atoms with Crippen LogP contribution in [0.15, 0.2) is 53.0 Å². The van der Waals surface area contributed by atoms with Crippen molar-refractivity contribution in [1.29, 1.82) is 0 Å². The fourth-order valence-corrected chi connectivity index (χ4v) is 3.28. The van der Waals surface area contributed by atoms with Gasteiger partial charge in [0.15, 0.2) is 6.54 Å². The van der Waals surface area contributed by atoms with Gasteiger partial charge in [0.1, 0.15) is 5.82 Å². The molecule has 0 unspecified atom stereocenters. The van der Waals surface area contributed by atoms with Gasteiger partial charge in [0.2, 0.25) is 0 Å². The number of halogens is 2. The van der Waals surface area contributed by atoms with Gasteiger partial charge in [-0.3, -0.25) is 4.79 Å². The van der Waals surface area contributed by atoms with E-state index in [0.29, 0.717) is 6.54 Å². The molecule has 2 aromatic carbocycles. The maximum absolute atomic E-state index is 13.0. The van der Waals surface area contributed by atoms with Gasteiger partial charge in [-0.2, -0.15) is 0 Å². The Morgan fingerprint density at radius 3 is 2.46 bits per heavy atom. The van der Waals surface area contributed by atoms with Crippen LogP contribution in [-0.4, -0.2) is 38.6 Å². The predicted molar refractivity (Wildman–Crippen MR) is 96.9 cm³/mol. The maximum Gasteiger partial charge on any atom is 0.279 e. The number of carbonyl (C=O) groups is 1. The molecule has 0 spiro atoms. The molecule has 1 aliphatic heterocycles. The van der Waals surface area contributed by atoms with Crippen LogP contribution >= 0.6 is 15.9 Å². The number of benzene rings is 2. The third-order valence-electron chi connectivity index (χ3n) is 4.22. The highest BCUT2D eigenvalue weighted by Crippen LogP contribution is 2.20. The standard InChI is InChI=1S/C18H19BrFN3O/c19-16-3-1-2-4-17(16)21-18(24)13-22-9-11-23(12-10-22)15-7-5-14(20)6-8-15/h1-8H,9-13H2,(H,21,24)/p+1. The summed E-state index contributed by atoms with van der Waals surface area (Å²) in [7, 11) is 0. The van der Waals surface area contributed by atoms with E-state index in [1.54, 1.807) is 12.1 Å². The second kappa shape index (κ2) is 7.77. The molecule has 0 radical (unpaired) electrons. The Labute approximate surface area is 149 Å². The summed E-state index contributed by atoms with van der Waals surface area (Å²) in [5.41, 5.74) is 1.83. The molecule has 1 heterocycles. The summed E-state index contributed by atoms with van der Waals surface area (Å²) in [6.45, 7) is 3.96. The van der Waals surface area contributed by atoms with Crippen molar-refractivity contribution in [2.45, 2.75) is 0 Å². The third kappa shape index (κ3) is 4.33. The van der Waals surface area contributed by atoms with Gasteiger partial charge in [0.25, 0.3) is 5.91 Å². The van der Waals surface area contributed by atoms with Crippen LogP contribution in [-0.2, 0) is 4.79 Å². The van der Waals surface area contributed by atoms with E-state index >= 15 is 0 Å². The monoisotopic (exact) mass is 392 g/mol. The Bertz CT molecular complexity index is 700. The lowest BCUT2D eigenvalue weighted by atomic mass is 10.2. The molecule has 0 aromatic heterocycles. The molecule has 2 N–H and O–H groups in total. The Morgan fingerprint density at radius 2 is 1.79 bits per heavy atom. The number of quaternary nitrogens is 1. The molecule has 6 heteroatoms. The van der Waals surface area contributed by atoms with E-state index in [9.17, 15) is 9.18 Å². The molecule has 24 heavy (non-hydrogen) atoms. The van der Waals surface area contributed by atoms with E-state index in [2.05, 4.69) is 26.1 Å². The van der Waals surface area contributed by atoms with Gasteiger partial charge in [0, 0.05) is 10.2 Å². The van der Waals surface area contributed by atoms with Crippen molar-refractivity contribution in [3.8, 4) is 0 Å². The number of para-hydroxylation sites is 1. The highest BCUT2D eigenvalue weighted by atomic mass is 79.9. The number of nitrogens with zero attached hydrogens (tertiary/aromatic N) is 1. The van der Waals surface area contributed by atoms with E-state index in [0.717, 1.165) is 42.0 Å². The zero-order valence-corrected chi connectivity index (χ0v) is 14.9. The topological polar surface area (TPSA) is 36.8 Å². The summed E-state index contributed by atoms with van der Waals surface area (Å²) in [5, 5.41) is 2.94. The molecule has 1 fully saturated rings. The van der Waals surface area contributed by atoms with Gasteiger partial charge in [-0.05, 0) is 52.3 Å². The molecule has 2 aromatic rings. The summed E-state index contributed by atoms with van der Waals surface area (Å²) in [4.78, 5) is 15.7. The van der Waals surface area contributed by atoms with Crippen LogP contribution in [0.5, 0.6) is 0 Å². The second-order valence-electron chi connectivity index (χ2n) is 5.92. The van der Waals surface area contributed by atoms with Crippen molar-refractivity contribution in [2.24, 2.45) is 0 Å². The quantitative estimate of drug-likeness (QED) is 0.833. The van der Waals surface area contributed by atoms with Crippen molar-refractivity contribution in [3.63, 3.8) is 0 Å². The van der Waals surface area contributed by atoms with Crippen LogP contribution in [0, 0.1) is 5.82 Å². The van der Waals surface area contributed by atoms with Crippen molar-refractivity contribution >= 4 is 33.2 Å². The molecular formula is C18H20BrFN3O+. The predicted octanol–water partition coefficient (Wildman–Crippen LogP) is 1.93. The van der Waals surface area contributed by atoms with E-state index in [1.165, 1.54) is 17.0 Å². The summed E-state index contributed by atoms with van der Waals surface area (Å²) >= 11 is 3.43. The highest BCUT2D eigenvalue weighted by molar-refractivity contribution is 9.10. The van der Waals surface area contributed by atoms with Crippen molar-refractivity contribution in [1.82, 2.24) is 0 Å². The minimum Gasteiger partial charge on any atom is -0.360 e. The lowest BCUT2D eigenvalue weighted by Crippen LogP contribution is -3.15. The first kappa shape index (κ1) is 16.9. The minimum absolute atomic E-state index is 0.0205. The second-order valence-corrected chi connectivity index (χ2v) is 6.77. The average molecular weight is 393 g/mol. The summed E-state index contributed by atoms with van der Waals surface area (Å²) in [5.74, 6) is -0.195. The van der Waals surface area contributed by atoms with Gasteiger partial charge < -0.3 is 15.1 Å². The number of hydrogen-bond acceptors (Lipinski definition) is 2. The Morgan fingerprint density at radius 1 is 1.12 bits per heavy atom. The molecule has 0 aliphatic carbocycles. The SMILES string of the molecule is O=C(C[NH+]1CCN(c2ccc(F)cc2)CC1)Nc1ccccc1Br. The fourth-order valence-electron chi connectivity index (χ4n) is 2.89. The average Bonchev–Trinajstić information content (AvgIpc) is 2.58. The summed E-state index contributed by atoms with van der Waals surface area (Å²) in [6.07, 6.45) is 0. The van der Waals surface area contributed by atoms with Crippen molar-refractivity contribution in [2.75, 3.05) is 42.9 Å². The van der Waals surface area contributed by atoms with Crippen LogP contribution in [0.4, 0.5) is 15.8 Å². The summed E-state index contributed by atoms with van der Waals surface area (Å²) in [6, 6.07) is 14.2. The number of anilines is 2. The van der Waals surface area contributed by atoms with Gasteiger partial charge >= 0.3 is 0 Å². The van der Waals surface area contributed by atoms with Crippen LogP contribution in [0.3, 0.4) is 0 Å². The zero-order valence-electron chi connectivity index (χ0n) is 13.3. The molecule has 0 saturated carbocycles. The molecule has 1 saturated heterocycles. The first-order chi connectivity index (χ1) is 11.6. The van der Waals surface area contributed by atoms with Crippen LogP contribution < -0.4 is 15.1 Å². The van der Waals surface area contributed by atoms with Gasteiger partial charge in [-0.25, -0.2) is 4.39 Å². The molecule has 0 bridgehead atoms. The lowest BCUT2D eigenvalue weighted by molar-refractivity contribution is -0.892. The van der Waals surface area contributed by atoms with Crippen LogP contribution in [0.2, 0.25) is 0 Å². The molecule has 4 nitrogen and oxygen atoms in total. The zero-order chi connectivity index (χ0) is 16.9. The molecule has 0 atom stereocenters. The first-order valence-corrected chi connectivity index (χ1v) is 8.79. The number of amides is 1. The fraction of sp³-hybridized carbons (Fsp3) is 0.278. The molecular weight excluding hydrogens is 373 g/mol. The Kier molecular flexibility index (Phi) is 5.48. The minimum atomic E-state index is -0.216. The van der Waals surface area contributed by atoms with Crippen LogP contribution in [0.25, 0.3) is 0 Å². The number of nitrogens with one attached hydrogen (secondary N) is 2. The third-order valence-corrected chi connectivity index (χ3v) is 4.91. The normalized spacial score (nSPS) is 15.3. The van der Waals surface area contributed by atoms with E-state index < -0.39 is 0 Å². The van der Waals surface area contributed by atoms with E-state index in [4.69, 9.17) is 0 Å². The van der Waals surface area contributed by atoms with Gasteiger partial charge in [-0.1, -0.05) is 12.1 Å². The Balaban J connectivity index is 1.49. The molecule has 3 rings (SSSR count). The number of carbonyl (C=O) groups excluding carboxylic acids is 1. The van der Waals surface area contributed by atoms with E-state index in [1.807, 2.05) is 24.3 Å².